The molecule has 1 atom stereocenters. The molecule has 15 aromatic rings. The number of thiophene rings is 3. The Balaban J connectivity index is 0.000000160. The zero-order valence-corrected chi connectivity index (χ0v) is 73.2. The lowest BCUT2D eigenvalue weighted by Gasteiger charge is -2.26. The fraction of sp³-hybridized carbons (Fsp3) is 0.253. The van der Waals surface area contributed by atoms with E-state index < -0.39 is 86.7 Å². The Morgan fingerprint density at radius 1 is 0.427 bits per heavy atom. The molecule has 0 spiro atoms. The Hall–Kier alpha value is -13.8. The van der Waals surface area contributed by atoms with Gasteiger partial charge in [0.1, 0.15) is 89.3 Å². The molecule has 124 heavy (non-hydrogen) atoms. The first kappa shape index (κ1) is 89.5. The van der Waals surface area contributed by atoms with Crippen LogP contribution in [0.1, 0.15) is 107 Å². The number of nitrogens with one attached hydrogen (secondary N) is 1. The number of ketones is 2. The summed E-state index contributed by atoms with van der Waals surface area (Å²) >= 11 is 6.56. The number of methoxy groups -OCH3 is 3. The second kappa shape index (κ2) is 38.5. The second-order valence-electron chi connectivity index (χ2n) is 29.2. The molecule has 6 aromatic carbocycles. The van der Waals surface area contributed by atoms with Crippen molar-refractivity contribution in [1.82, 2.24) is 72.8 Å². The largest absolute Gasteiger partial charge is 0.496 e. The van der Waals surface area contributed by atoms with Gasteiger partial charge in [-0.1, -0.05) is 183 Å². The fourth-order valence-electron chi connectivity index (χ4n) is 13.4. The third kappa shape index (κ3) is 18.5. The van der Waals surface area contributed by atoms with Crippen LogP contribution < -0.4 is 48.0 Å². The van der Waals surface area contributed by atoms with Crippen LogP contribution in [0, 0.1) is 20.8 Å². The number of carbonyl (C=O) groups excluding carboxylic acids is 5. The average molecular weight is 1800 g/mol. The number of aliphatic hydroxyl groups is 1. The van der Waals surface area contributed by atoms with Crippen molar-refractivity contribution in [2.24, 2.45) is 0 Å². The smallest absolute Gasteiger partial charge is 0.333 e. The monoisotopic (exact) mass is 1800 g/mol. The number of aliphatic hydroxyl groups excluding tert-OH is 1. The number of para-hydroxylation sites is 3. The standard InChI is InChI=1S/C29H29N5O6S.C29H27N5O6S.C20H19N5O4S.C9H9BrO2/c2*1-18-23-24(36)33(29(2,3)27(37)40-17-19-10-6-5-7-11-19)28(38)32(26(23)41-25(18)34-30-14-15-31-34)16-21(35)20-12-8-9-13-22(20)39-4;1-12-14-15(30-17(12)25-21-9-10-22-25)23-19(28)24(16(14)26)20(2,3)18(27)29-11-13-7-5-4-6-8-13;1-12-9-5-3-2-4-7(9)8(11)6-10/h5-15,21,35H,16-17H2,1-4H3;5-15H,16-17H2,1-4H3;4-10H,11H2,1-3H3,(H,23,28);2-5H,6H2,1H3/t21-;;;/m0.../s1. The van der Waals surface area contributed by atoms with E-state index >= 15 is 0 Å². The topological polar surface area (TPSA) is 396 Å². The number of alkyl halides is 1. The van der Waals surface area contributed by atoms with Crippen molar-refractivity contribution in [2.45, 2.75) is 118 Å². The number of aromatic amines is 1. The predicted octanol–water partition coefficient (Wildman–Crippen LogP) is 11.2. The Labute approximate surface area is 726 Å². The molecule has 0 fully saturated rings. The molecule has 9 aromatic heterocycles. The minimum atomic E-state index is -1.70. The van der Waals surface area contributed by atoms with E-state index in [1.54, 1.807) is 101 Å². The maximum atomic E-state index is 14.1. The van der Waals surface area contributed by atoms with Crippen molar-refractivity contribution in [3.8, 4) is 32.3 Å². The number of aryl methyl sites for hydroxylation is 3. The van der Waals surface area contributed by atoms with Crippen LogP contribution in [0.15, 0.2) is 230 Å². The lowest BCUT2D eigenvalue weighted by molar-refractivity contribution is -0.155. The number of carbonyl (C=O) groups is 5. The Kier molecular flexibility index (Phi) is 27.8. The number of ether oxygens (including phenoxy) is 6. The Bertz CT molecular complexity index is 6810. The molecule has 0 radical (unpaired) electrons. The van der Waals surface area contributed by atoms with Crippen molar-refractivity contribution < 1.29 is 57.5 Å². The third-order valence-electron chi connectivity index (χ3n) is 20.0. The summed E-state index contributed by atoms with van der Waals surface area (Å²) in [5.74, 6) is -1.15. The fourth-order valence-corrected chi connectivity index (χ4v) is 17.3. The number of halogens is 1. The minimum Gasteiger partial charge on any atom is -0.496 e. The second-order valence-corrected chi connectivity index (χ2v) is 32.7. The zero-order chi connectivity index (χ0) is 89.1. The highest BCUT2D eigenvalue weighted by Crippen LogP contribution is 2.36. The maximum absolute atomic E-state index is 14.1. The van der Waals surface area contributed by atoms with Crippen molar-refractivity contribution >= 4 is 110 Å². The van der Waals surface area contributed by atoms with E-state index in [-0.39, 0.29) is 53.3 Å². The number of hydrogen-bond donors (Lipinski definition) is 2. The van der Waals surface area contributed by atoms with E-state index in [1.165, 1.54) is 128 Å². The number of aromatic nitrogens is 15. The van der Waals surface area contributed by atoms with E-state index in [2.05, 4.69) is 51.5 Å². The van der Waals surface area contributed by atoms with Crippen LogP contribution in [0.2, 0.25) is 0 Å². The van der Waals surface area contributed by atoms with Crippen LogP contribution in [-0.2, 0) is 78.1 Å². The van der Waals surface area contributed by atoms with Gasteiger partial charge >= 0.3 is 35.0 Å². The molecule has 0 saturated carbocycles. The van der Waals surface area contributed by atoms with Gasteiger partial charge in [-0.2, -0.15) is 30.6 Å². The van der Waals surface area contributed by atoms with Crippen LogP contribution in [0.5, 0.6) is 17.2 Å². The molecule has 0 saturated heterocycles. The summed E-state index contributed by atoms with van der Waals surface area (Å²) in [6, 6.07) is 48.2. The van der Waals surface area contributed by atoms with E-state index in [4.69, 9.17) is 28.4 Å². The molecule has 33 nitrogen and oxygen atoms in total. The van der Waals surface area contributed by atoms with Crippen LogP contribution in [-0.4, -0.2) is 134 Å². The third-order valence-corrected chi connectivity index (χ3v) is 24.3. The number of H-pyrrole nitrogens is 1. The first-order valence-electron chi connectivity index (χ1n) is 38.2. The summed E-state index contributed by atoms with van der Waals surface area (Å²) in [5.41, 5.74) is -3.70. The van der Waals surface area contributed by atoms with Crippen LogP contribution >= 0.6 is 49.9 Å². The van der Waals surface area contributed by atoms with Gasteiger partial charge in [-0.15, -0.1) is 14.4 Å². The SMILES string of the molecule is COc1ccccc1C(=O)CBr.COc1ccccc1C(=O)Cn1c(=O)n(C(C)(C)C(=O)OCc2ccccc2)c(=O)c2c(C)c(-n3nccn3)sc21.COc1ccccc1[C@@H](O)Cn1c(=O)n(C(C)(C)C(=O)OCc2ccccc2)c(=O)c2c(C)c(-n3nccn3)sc21.Cc1c(-n2nccn2)sc2[nH]c(=O)n(C(C)(C)C(=O)OCc3ccccc3)c(=O)c12. The first-order chi connectivity index (χ1) is 59.4. The highest BCUT2D eigenvalue weighted by molar-refractivity contribution is 9.09. The molecule has 37 heteroatoms. The number of nitrogens with zero attached hydrogens (tertiary/aromatic N) is 14. The van der Waals surface area contributed by atoms with Gasteiger partial charge in [0, 0.05) is 22.3 Å². The summed E-state index contributed by atoms with van der Waals surface area (Å²) in [7, 11) is 4.50. The number of fused-ring (bicyclic) bond motifs is 3. The molecule has 9 heterocycles. The van der Waals surface area contributed by atoms with Crippen LogP contribution in [0.4, 0.5) is 0 Å². The van der Waals surface area contributed by atoms with Gasteiger partial charge in [-0.05, 0) is 109 Å². The average Bonchev–Trinajstić information content (AvgIpc) is 1.52. The quantitative estimate of drug-likeness (QED) is 0.0220. The first-order valence-corrected chi connectivity index (χ1v) is 41.8. The highest BCUT2D eigenvalue weighted by atomic mass is 79.9. The molecule has 0 aliphatic heterocycles. The molecule has 0 bridgehead atoms. The molecule has 0 unspecified atom stereocenters. The van der Waals surface area contributed by atoms with E-state index in [9.17, 15) is 57.8 Å². The zero-order valence-electron chi connectivity index (χ0n) is 69.1. The molecule has 0 aliphatic carbocycles. The normalized spacial score (nSPS) is 11.7. The molecule has 15 rings (SSSR count). The molecule has 2 N–H and O–H groups in total. The van der Waals surface area contributed by atoms with E-state index in [1.807, 2.05) is 91.0 Å². The van der Waals surface area contributed by atoms with Crippen LogP contribution in [0.3, 0.4) is 0 Å². The summed E-state index contributed by atoms with van der Waals surface area (Å²) < 4.78 is 37.4. The summed E-state index contributed by atoms with van der Waals surface area (Å²) in [6.45, 7) is 13.4. The number of Topliss-reactive ketones (excluding diaryl/α,β-unsaturated/α-hetero) is 2. The van der Waals surface area contributed by atoms with Crippen molar-refractivity contribution in [2.75, 3.05) is 26.7 Å². The summed E-state index contributed by atoms with van der Waals surface area (Å²) in [5, 5.41) is 38.9. The van der Waals surface area contributed by atoms with Crippen molar-refractivity contribution in [3.05, 3.63) is 314 Å². The predicted molar refractivity (Wildman–Crippen MR) is 469 cm³/mol. The molecule has 640 valence electrons. The molecular formula is C87H84BrN15O18S3. The van der Waals surface area contributed by atoms with Gasteiger partial charge < -0.3 is 33.5 Å². The number of hydrogen-bond acceptors (Lipinski definition) is 27. The van der Waals surface area contributed by atoms with Gasteiger partial charge in [0.15, 0.2) is 11.6 Å². The minimum absolute atomic E-state index is 0.0204. The van der Waals surface area contributed by atoms with Gasteiger partial charge in [0.25, 0.3) is 16.7 Å². The highest BCUT2D eigenvalue weighted by Gasteiger charge is 2.41. The summed E-state index contributed by atoms with van der Waals surface area (Å²) in [6.07, 6.45) is 7.88. The van der Waals surface area contributed by atoms with Crippen molar-refractivity contribution in [3.63, 3.8) is 0 Å². The van der Waals surface area contributed by atoms with Gasteiger partial charge in [0.2, 0.25) is 0 Å². The lowest BCUT2D eigenvalue weighted by atomic mass is 10.0. The number of esters is 3. The summed E-state index contributed by atoms with van der Waals surface area (Å²) in [4.78, 5) is 154. The van der Waals surface area contributed by atoms with E-state index in [0.717, 1.165) is 53.1 Å². The van der Waals surface area contributed by atoms with Gasteiger partial charge in [-0.25, -0.2) is 42.5 Å². The molecular weight excluding hydrogens is 1720 g/mol. The Morgan fingerprint density at radius 3 is 1.16 bits per heavy atom. The number of rotatable bonds is 26. The van der Waals surface area contributed by atoms with Gasteiger partial charge in [-0.3, -0.25) is 38.1 Å². The van der Waals surface area contributed by atoms with Gasteiger partial charge in [0.05, 0.1) is 104 Å². The van der Waals surface area contributed by atoms with E-state index in [0.29, 0.717) is 80.4 Å². The van der Waals surface area contributed by atoms with Crippen molar-refractivity contribution in [1.29, 1.82) is 0 Å². The maximum Gasteiger partial charge on any atom is 0.333 e. The molecule has 0 aliphatic rings. The van der Waals surface area contributed by atoms with Crippen LogP contribution in [0.25, 0.3) is 45.7 Å². The number of benzene rings is 6. The lowest BCUT2D eigenvalue weighted by Crippen LogP contribution is -2.53. The molecule has 0 amide bonds. The Morgan fingerprint density at radius 2 is 0.758 bits per heavy atom.